The first kappa shape index (κ1) is 17.5. The van der Waals surface area contributed by atoms with Gasteiger partial charge in [-0.05, 0) is 29.8 Å². The molecule has 0 aliphatic carbocycles. The standard InChI is InChI=1S/C21H24N4O2/c1-27-17-8-6-16(7-9-17)14-21(26)25-12-10-24(11-13-25)15-20-22-18-4-2-3-5-19(18)23-20/h2-9H,10-15H2,1H3,(H,22,23). The summed E-state index contributed by atoms with van der Waals surface area (Å²) < 4.78 is 5.16. The average Bonchev–Trinajstić information content (AvgIpc) is 3.11. The second kappa shape index (κ2) is 7.80. The molecular formula is C21H24N4O2. The number of nitrogens with zero attached hydrogens (tertiary/aromatic N) is 3. The number of benzene rings is 2. The van der Waals surface area contributed by atoms with Crippen LogP contribution in [0.1, 0.15) is 11.4 Å². The zero-order chi connectivity index (χ0) is 18.6. The number of fused-ring (bicyclic) bond motifs is 1. The molecule has 0 bridgehead atoms. The second-order valence-electron chi connectivity index (χ2n) is 6.88. The second-order valence-corrected chi connectivity index (χ2v) is 6.88. The average molecular weight is 364 g/mol. The number of piperazine rings is 1. The van der Waals surface area contributed by atoms with Crippen LogP contribution in [-0.4, -0.2) is 59.0 Å². The largest absolute Gasteiger partial charge is 0.497 e. The highest BCUT2D eigenvalue weighted by Crippen LogP contribution is 2.15. The van der Waals surface area contributed by atoms with Crippen molar-refractivity contribution in [3.05, 3.63) is 59.9 Å². The maximum Gasteiger partial charge on any atom is 0.227 e. The fourth-order valence-electron chi connectivity index (χ4n) is 3.48. The lowest BCUT2D eigenvalue weighted by Gasteiger charge is -2.34. The first-order valence-corrected chi connectivity index (χ1v) is 9.28. The Morgan fingerprint density at radius 1 is 1.07 bits per heavy atom. The van der Waals surface area contributed by atoms with Gasteiger partial charge in [0.2, 0.25) is 5.91 Å². The maximum absolute atomic E-state index is 12.6. The van der Waals surface area contributed by atoms with Crippen LogP contribution in [0.5, 0.6) is 5.75 Å². The van der Waals surface area contributed by atoms with Gasteiger partial charge in [0, 0.05) is 26.2 Å². The van der Waals surface area contributed by atoms with Crippen molar-refractivity contribution in [3.8, 4) is 5.75 Å². The van der Waals surface area contributed by atoms with E-state index in [1.807, 2.05) is 53.4 Å². The van der Waals surface area contributed by atoms with Gasteiger partial charge < -0.3 is 14.6 Å². The third-order valence-corrected chi connectivity index (χ3v) is 5.05. The zero-order valence-corrected chi connectivity index (χ0v) is 15.5. The minimum atomic E-state index is 0.184. The first-order chi connectivity index (χ1) is 13.2. The Morgan fingerprint density at radius 3 is 2.52 bits per heavy atom. The number of ether oxygens (including phenoxy) is 1. The molecule has 0 radical (unpaired) electrons. The highest BCUT2D eigenvalue weighted by Gasteiger charge is 2.22. The van der Waals surface area contributed by atoms with E-state index in [1.165, 1.54) is 0 Å². The van der Waals surface area contributed by atoms with Crippen molar-refractivity contribution < 1.29 is 9.53 Å². The Kier molecular flexibility index (Phi) is 5.07. The number of aromatic nitrogens is 2. The van der Waals surface area contributed by atoms with Gasteiger partial charge in [-0.3, -0.25) is 9.69 Å². The Labute approximate surface area is 158 Å². The minimum Gasteiger partial charge on any atom is -0.497 e. The smallest absolute Gasteiger partial charge is 0.227 e. The molecule has 0 atom stereocenters. The normalized spacial score (nSPS) is 15.2. The van der Waals surface area contributed by atoms with Gasteiger partial charge in [-0.15, -0.1) is 0 Å². The molecule has 2 aromatic carbocycles. The molecule has 1 aliphatic rings. The molecule has 140 valence electrons. The van der Waals surface area contributed by atoms with E-state index in [0.717, 1.165) is 60.9 Å². The lowest BCUT2D eigenvalue weighted by atomic mass is 10.1. The van der Waals surface area contributed by atoms with Gasteiger partial charge in [0.15, 0.2) is 0 Å². The predicted octanol–water partition coefficient (Wildman–Crippen LogP) is 2.46. The predicted molar refractivity (Wildman–Crippen MR) is 105 cm³/mol. The van der Waals surface area contributed by atoms with E-state index in [2.05, 4.69) is 14.9 Å². The molecule has 4 rings (SSSR count). The zero-order valence-electron chi connectivity index (χ0n) is 15.5. The minimum absolute atomic E-state index is 0.184. The number of hydrogen-bond donors (Lipinski definition) is 1. The number of para-hydroxylation sites is 2. The topological polar surface area (TPSA) is 61.5 Å². The van der Waals surface area contributed by atoms with Crippen LogP contribution in [0.4, 0.5) is 0 Å². The van der Waals surface area contributed by atoms with Gasteiger partial charge >= 0.3 is 0 Å². The summed E-state index contributed by atoms with van der Waals surface area (Å²) >= 11 is 0. The third-order valence-electron chi connectivity index (χ3n) is 5.05. The summed E-state index contributed by atoms with van der Waals surface area (Å²) in [6, 6.07) is 15.8. The van der Waals surface area contributed by atoms with E-state index in [-0.39, 0.29) is 5.91 Å². The fourth-order valence-corrected chi connectivity index (χ4v) is 3.48. The SMILES string of the molecule is COc1ccc(CC(=O)N2CCN(Cc3nc4ccccc4[nH]3)CC2)cc1. The number of carbonyl (C=O) groups is 1. The van der Waals surface area contributed by atoms with Crippen molar-refractivity contribution in [3.63, 3.8) is 0 Å². The van der Waals surface area contributed by atoms with Crippen molar-refractivity contribution in [2.45, 2.75) is 13.0 Å². The Hall–Kier alpha value is -2.86. The summed E-state index contributed by atoms with van der Waals surface area (Å²) in [6.07, 6.45) is 0.438. The molecule has 0 saturated carbocycles. The number of H-pyrrole nitrogens is 1. The molecule has 0 spiro atoms. The van der Waals surface area contributed by atoms with Gasteiger partial charge in [0.25, 0.3) is 0 Å². The summed E-state index contributed by atoms with van der Waals surface area (Å²) in [5.74, 6) is 1.98. The van der Waals surface area contributed by atoms with Crippen molar-refractivity contribution >= 4 is 16.9 Å². The molecule has 1 saturated heterocycles. The summed E-state index contributed by atoms with van der Waals surface area (Å²) in [5, 5.41) is 0. The molecule has 6 heteroatoms. The van der Waals surface area contributed by atoms with Gasteiger partial charge in [-0.1, -0.05) is 24.3 Å². The van der Waals surface area contributed by atoms with Crippen molar-refractivity contribution in [2.75, 3.05) is 33.3 Å². The van der Waals surface area contributed by atoms with Crippen molar-refractivity contribution in [2.24, 2.45) is 0 Å². The van der Waals surface area contributed by atoms with Crippen LogP contribution in [0.2, 0.25) is 0 Å². The molecule has 3 aromatic rings. The van der Waals surface area contributed by atoms with Crippen LogP contribution in [-0.2, 0) is 17.8 Å². The van der Waals surface area contributed by atoms with Gasteiger partial charge in [-0.25, -0.2) is 4.98 Å². The molecule has 1 aromatic heterocycles. The molecule has 6 nitrogen and oxygen atoms in total. The van der Waals surface area contributed by atoms with E-state index in [1.54, 1.807) is 7.11 Å². The van der Waals surface area contributed by atoms with Crippen LogP contribution in [0.25, 0.3) is 11.0 Å². The van der Waals surface area contributed by atoms with Gasteiger partial charge in [-0.2, -0.15) is 0 Å². The molecular weight excluding hydrogens is 340 g/mol. The summed E-state index contributed by atoms with van der Waals surface area (Å²) in [6.45, 7) is 4.04. The summed E-state index contributed by atoms with van der Waals surface area (Å²) in [4.78, 5) is 24.9. The van der Waals surface area contributed by atoms with Gasteiger partial charge in [0.1, 0.15) is 11.6 Å². The van der Waals surface area contributed by atoms with Crippen LogP contribution in [0.3, 0.4) is 0 Å². The number of aromatic amines is 1. The number of imidazole rings is 1. The number of rotatable bonds is 5. The molecule has 0 unspecified atom stereocenters. The molecule has 1 amide bonds. The lowest BCUT2D eigenvalue weighted by molar-refractivity contribution is -0.132. The third kappa shape index (κ3) is 4.11. The van der Waals surface area contributed by atoms with E-state index in [9.17, 15) is 4.79 Å². The molecule has 1 fully saturated rings. The fraction of sp³-hybridized carbons (Fsp3) is 0.333. The maximum atomic E-state index is 12.6. The van der Waals surface area contributed by atoms with Crippen LogP contribution >= 0.6 is 0 Å². The molecule has 27 heavy (non-hydrogen) atoms. The van der Waals surface area contributed by atoms with E-state index >= 15 is 0 Å². The number of nitrogens with one attached hydrogen (secondary N) is 1. The highest BCUT2D eigenvalue weighted by molar-refractivity contribution is 5.79. The Bertz CT molecular complexity index is 878. The van der Waals surface area contributed by atoms with Crippen molar-refractivity contribution in [1.29, 1.82) is 0 Å². The summed E-state index contributed by atoms with van der Waals surface area (Å²) in [7, 11) is 1.64. The van der Waals surface area contributed by atoms with E-state index in [0.29, 0.717) is 6.42 Å². The Morgan fingerprint density at radius 2 is 1.81 bits per heavy atom. The highest BCUT2D eigenvalue weighted by atomic mass is 16.5. The first-order valence-electron chi connectivity index (χ1n) is 9.28. The van der Waals surface area contributed by atoms with Crippen LogP contribution in [0.15, 0.2) is 48.5 Å². The van der Waals surface area contributed by atoms with E-state index < -0.39 is 0 Å². The number of carbonyl (C=O) groups excluding carboxylic acids is 1. The number of amides is 1. The quantitative estimate of drug-likeness (QED) is 0.755. The number of hydrogen-bond acceptors (Lipinski definition) is 4. The van der Waals surface area contributed by atoms with Crippen LogP contribution in [0, 0.1) is 0 Å². The van der Waals surface area contributed by atoms with Gasteiger partial charge in [0.05, 0.1) is 31.1 Å². The Balaban J connectivity index is 1.29. The molecule has 1 N–H and O–H groups in total. The molecule has 1 aliphatic heterocycles. The number of methoxy groups -OCH3 is 1. The van der Waals surface area contributed by atoms with Crippen molar-refractivity contribution in [1.82, 2.24) is 19.8 Å². The van der Waals surface area contributed by atoms with Crippen LogP contribution < -0.4 is 4.74 Å². The monoisotopic (exact) mass is 364 g/mol. The lowest BCUT2D eigenvalue weighted by Crippen LogP contribution is -2.48. The van der Waals surface area contributed by atoms with E-state index in [4.69, 9.17) is 4.74 Å². The molecule has 2 heterocycles. The summed E-state index contributed by atoms with van der Waals surface area (Å²) in [5.41, 5.74) is 3.09.